The summed E-state index contributed by atoms with van der Waals surface area (Å²) in [6.45, 7) is 2.79. The lowest BCUT2D eigenvalue weighted by atomic mass is 10.2. The summed E-state index contributed by atoms with van der Waals surface area (Å²) >= 11 is 1.50. The molecule has 1 saturated heterocycles. The molecule has 0 N–H and O–H groups in total. The van der Waals surface area contributed by atoms with Crippen LogP contribution in [-0.4, -0.2) is 41.7 Å². The molecule has 1 heterocycles. The average Bonchev–Trinajstić information content (AvgIpc) is 2.96. The molecule has 0 aliphatic carbocycles. The molecule has 0 saturated carbocycles. The Hall–Kier alpha value is -1.49. The molecule has 0 spiro atoms. The highest BCUT2D eigenvalue weighted by atomic mass is 32.2. The molecule has 108 valence electrons. The van der Waals surface area contributed by atoms with Gasteiger partial charge in [0.05, 0.1) is 12.4 Å². The monoisotopic (exact) mass is 293 g/mol. The van der Waals surface area contributed by atoms with E-state index in [2.05, 4.69) is 0 Å². The summed E-state index contributed by atoms with van der Waals surface area (Å²) in [5.41, 5.74) is 0. The summed E-state index contributed by atoms with van der Waals surface area (Å²) in [6, 6.07) is 9.41. The fourth-order valence-electron chi connectivity index (χ4n) is 2.29. The third-order valence-corrected chi connectivity index (χ3v) is 4.23. The van der Waals surface area contributed by atoms with Crippen LogP contribution < -0.4 is 0 Å². The lowest BCUT2D eigenvalue weighted by Crippen LogP contribution is -2.42. The van der Waals surface area contributed by atoms with Gasteiger partial charge in [-0.05, 0) is 31.9 Å². The normalized spacial score (nSPS) is 18.1. The number of rotatable bonds is 5. The highest BCUT2D eigenvalue weighted by Crippen LogP contribution is 2.22. The molecule has 0 radical (unpaired) electrons. The number of thioether (sulfide) groups is 1. The van der Waals surface area contributed by atoms with Gasteiger partial charge in [0, 0.05) is 11.4 Å². The second-order valence-electron chi connectivity index (χ2n) is 4.60. The molecule has 1 aliphatic rings. The van der Waals surface area contributed by atoms with E-state index in [1.807, 2.05) is 30.3 Å². The smallest absolute Gasteiger partial charge is 0.328 e. The summed E-state index contributed by atoms with van der Waals surface area (Å²) < 4.78 is 5.03. The zero-order chi connectivity index (χ0) is 14.4. The highest BCUT2D eigenvalue weighted by molar-refractivity contribution is 8.00. The number of nitrogens with zero attached hydrogens (tertiary/aromatic N) is 1. The quantitative estimate of drug-likeness (QED) is 0.617. The lowest BCUT2D eigenvalue weighted by molar-refractivity contribution is -0.152. The standard InChI is InChI=1S/C15H19NO3S/c1-2-19-15(18)13-9-6-10-16(13)14(17)11-20-12-7-4-3-5-8-12/h3-5,7-8,13H,2,6,9-11H2,1H3. The third kappa shape index (κ3) is 3.76. The first-order chi connectivity index (χ1) is 9.72. The second-order valence-corrected chi connectivity index (χ2v) is 5.65. The van der Waals surface area contributed by atoms with Crippen LogP contribution in [0.5, 0.6) is 0 Å². The van der Waals surface area contributed by atoms with E-state index in [4.69, 9.17) is 4.74 Å². The molecule has 1 amide bonds. The van der Waals surface area contributed by atoms with Gasteiger partial charge in [0.1, 0.15) is 6.04 Å². The molecule has 1 fully saturated rings. The Balaban J connectivity index is 1.89. The Morgan fingerprint density at radius 3 is 2.80 bits per heavy atom. The second kappa shape index (κ2) is 7.33. The number of carbonyl (C=O) groups is 2. The molecule has 1 aromatic rings. The first kappa shape index (κ1) is 14.9. The molecular formula is C15H19NO3S. The molecule has 1 aliphatic heterocycles. The van der Waals surface area contributed by atoms with Crippen LogP contribution in [0.4, 0.5) is 0 Å². The van der Waals surface area contributed by atoms with Gasteiger partial charge in [0.2, 0.25) is 5.91 Å². The summed E-state index contributed by atoms with van der Waals surface area (Å²) in [5.74, 6) is 0.0948. The Morgan fingerprint density at radius 1 is 1.35 bits per heavy atom. The van der Waals surface area contributed by atoms with Crippen molar-refractivity contribution in [1.29, 1.82) is 0 Å². The number of amides is 1. The molecule has 1 atom stereocenters. The van der Waals surface area contributed by atoms with Gasteiger partial charge in [0.15, 0.2) is 0 Å². The minimum atomic E-state index is -0.390. The predicted octanol–water partition coefficient (Wildman–Crippen LogP) is 2.33. The predicted molar refractivity (Wildman–Crippen MR) is 78.5 cm³/mol. The average molecular weight is 293 g/mol. The Bertz CT molecular complexity index is 463. The van der Waals surface area contributed by atoms with Crippen molar-refractivity contribution in [1.82, 2.24) is 4.90 Å². The van der Waals surface area contributed by atoms with Gasteiger partial charge in [0.25, 0.3) is 0 Å². The molecule has 1 aromatic carbocycles. The minimum absolute atomic E-state index is 0.00871. The zero-order valence-electron chi connectivity index (χ0n) is 11.6. The van der Waals surface area contributed by atoms with Crippen molar-refractivity contribution in [3.05, 3.63) is 30.3 Å². The van der Waals surface area contributed by atoms with Crippen LogP contribution >= 0.6 is 11.8 Å². The van der Waals surface area contributed by atoms with Gasteiger partial charge in [-0.15, -0.1) is 11.8 Å². The molecule has 5 heteroatoms. The maximum atomic E-state index is 12.2. The van der Waals surface area contributed by atoms with Gasteiger partial charge in [-0.25, -0.2) is 4.79 Å². The number of benzene rings is 1. The number of esters is 1. The molecule has 20 heavy (non-hydrogen) atoms. The van der Waals surface area contributed by atoms with Gasteiger partial charge in [-0.2, -0.15) is 0 Å². The van der Waals surface area contributed by atoms with E-state index in [0.717, 1.165) is 11.3 Å². The molecular weight excluding hydrogens is 274 g/mol. The van der Waals surface area contributed by atoms with Crippen molar-refractivity contribution in [2.45, 2.75) is 30.7 Å². The van der Waals surface area contributed by atoms with Crippen molar-refractivity contribution >= 4 is 23.6 Å². The van der Waals surface area contributed by atoms with E-state index in [0.29, 0.717) is 25.3 Å². The van der Waals surface area contributed by atoms with E-state index >= 15 is 0 Å². The topological polar surface area (TPSA) is 46.6 Å². The minimum Gasteiger partial charge on any atom is -0.464 e. The van der Waals surface area contributed by atoms with Gasteiger partial charge in [-0.1, -0.05) is 18.2 Å². The first-order valence-electron chi connectivity index (χ1n) is 6.86. The maximum absolute atomic E-state index is 12.2. The highest BCUT2D eigenvalue weighted by Gasteiger charge is 2.34. The first-order valence-corrected chi connectivity index (χ1v) is 7.85. The molecule has 1 unspecified atom stereocenters. The summed E-state index contributed by atoms with van der Waals surface area (Å²) in [5, 5.41) is 0. The number of carbonyl (C=O) groups excluding carboxylic acids is 2. The van der Waals surface area contributed by atoms with Crippen LogP contribution in [0.1, 0.15) is 19.8 Å². The number of hydrogen-bond donors (Lipinski definition) is 0. The Labute approximate surface area is 123 Å². The number of hydrogen-bond acceptors (Lipinski definition) is 4. The Kier molecular flexibility index (Phi) is 5.47. The van der Waals surface area contributed by atoms with Crippen LogP contribution in [0.15, 0.2) is 35.2 Å². The zero-order valence-corrected chi connectivity index (χ0v) is 12.4. The van der Waals surface area contributed by atoms with Crippen LogP contribution in [-0.2, 0) is 14.3 Å². The van der Waals surface area contributed by atoms with E-state index in [1.165, 1.54) is 11.8 Å². The van der Waals surface area contributed by atoms with E-state index in [1.54, 1.807) is 11.8 Å². The van der Waals surface area contributed by atoms with Gasteiger partial charge in [-0.3, -0.25) is 4.79 Å². The summed E-state index contributed by atoms with van der Waals surface area (Å²) in [6.07, 6.45) is 1.58. The fourth-order valence-corrected chi connectivity index (χ4v) is 3.10. The Morgan fingerprint density at radius 2 is 2.10 bits per heavy atom. The van der Waals surface area contributed by atoms with Crippen molar-refractivity contribution in [3.8, 4) is 0 Å². The van der Waals surface area contributed by atoms with E-state index in [9.17, 15) is 9.59 Å². The summed E-state index contributed by atoms with van der Waals surface area (Å²) in [4.78, 5) is 26.8. The van der Waals surface area contributed by atoms with Crippen LogP contribution in [0, 0.1) is 0 Å². The largest absolute Gasteiger partial charge is 0.464 e. The maximum Gasteiger partial charge on any atom is 0.328 e. The SMILES string of the molecule is CCOC(=O)C1CCCN1C(=O)CSc1ccccc1. The van der Waals surface area contributed by atoms with Crippen molar-refractivity contribution in [2.24, 2.45) is 0 Å². The van der Waals surface area contributed by atoms with Crippen molar-refractivity contribution < 1.29 is 14.3 Å². The van der Waals surface area contributed by atoms with E-state index in [-0.39, 0.29) is 17.9 Å². The third-order valence-electron chi connectivity index (χ3n) is 3.24. The van der Waals surface area contributed by atoms with Crippen molar-refractivity contribution in [3.63, 3.8) is 0 Å². The van der Waals surface area contributed by atoms with Crippen LogP contribution in [0.25, 0.3) is 0 Å². The van der Waals surface area contributed by atoms with Crippen molar-refractivity contribution in [2.75, 3.05) is 18.9 Å². The van der Waals surface area contributed by atoms with Crippen LogP contribution in [0.2, 0.25) is 0 Å². The molecule has 4 nitrogen and oxygen atoms in total. The fraction of sp³-hybridized carbons (Fsp3) is 0.467. The summed E-state index contributed by atoms with van der Waals surface area (Å²) in [7, 11) is 0. The molecule has 2 rings (SSSR count). The molecule has 0 aromatic heterocycles. The van der Waals surface area contributed by atoms with Gasteiger partial charge >= 0.3 is 5.97 Å². The van der Waals surface area contributed by atoms with E-state index < -0.39 is 0 Å². The van der Waals surface area contributed by atoms with Crippen LogP contribution in [0.3, 0.4) is 0 Å². The number of likely N-dealkylation sites (tertiary alicyclic amines) is 1. The number of ether oxygens (including phenoxy) is 1. The molecule has 0 bridgehead atoms. The lowest BCUT2D eigenvalue weighted by Gasteiger charge is -2.22. The van der Waals surface area contributed by atoms with Gasteiger partial charge < -0.3 is 9.64 Å².